The van der Waals surface area contributed by atoms with Crippen LogP contribution in [0.5, 0.6) is 0 Å². The standard InChI is InChI=1S/C21H24N2OS/c24-20-18-10-5-11-19(18)23(21(25)22-20)14-17-9-4-3-8-16(17)13-12-15-6-1-2-7-15/h3-5,8-9,11,15H,1-2,6-7,10,12-14H2,(H,22,24,25). The van der Waals surface area contributed by atoms with Crippen molar-refractivity contribution in [1.29, 1.82) is 0 Å². The van der Waals surface area contributed by atoms with Gasteiger partial charge in [0.2, 0.25) is 0 Å². The number of benzene rings is 1. The molecule has 0 aliphatic heterocycles. The molecule has 2 aliphatic carbocycles. The topological polar surface area (TPSA) is 37.8 Å². The van der Waals surface area contributed by atoms with Gasteiger partial charge in [-0.25, -0.2) is 0 Å². The van der Waals surface area contributed by atoms with E-state index in [-0.39, 0.29) is 5.56 Å². The van der Waals surface area contributed by atoms with Crippen molar-refractivity contribution >= 4 is 18.3 Å². The first-order chi connectivity index (χ1) is 12.2. The number of allylic oxidation sites excluding steroid dienone is 1. The largest absolute Gasteiger partial charge is 0.314 e. The van der Waals surface area contributed by atoms with Crippen molar-refractivity contribution in [2.45, 2.75) is 51.5 Å². The maximum atomic E-state index is 12.1. The second kappa shape index (κ2) is 7.12. The van der Waals surface area contributed by atoms with Gasteiger partial charge in [-0.15, -0.1) is 0 Å². The van der Waals surface area contributed by atoms with E-state index in [2.05, 4.69) is 33.8 Å². The molecule has 0 saturated heterocycles. The zero-order valence-electron chi connectivity index (χ0n) is 14.5. The fourth-order valence-electron chi connectivity index (χ4n) is 4.25. The third-order valence-corrected chi connectivity index (χ3v) is 6.00. The predicted octanol–water partition coefficient (Wildman–Crippen LogP) is 4.65. The van der Waals surface area contributed by atoms with Crippen molar-refractivity contribution in [3.63, 3.8) is 0 Å². The number of aryl methyl sites for hydroxylation is 1. The third kappa shape index (κ3) is 3.40. The second-order valence-electron chi connectivity index (χ2n) is 7.27. The Morgan fingerprint density at radius 3 is 2.72 bits per heavy atom. The van der Waals surface area contributed by atoms with Crippen molar-refractivity contribution in [2.24, 2.45) is 5.92 Å². The van der Waals surface area contributed by atoms with Crippen LogP contribution in [0.3, 0.4) is 0 Å². The van der Waals surface area contributed by atoms with Crippen LogP contribution in [0.25, 0.3) is 6.08 Å². The van der Waals surface area contributed by atoms with Crippen LogP contribution >= 0.6 is 12.2 Å². The van der Waals surface area contributed by atoms with Gasteiger partial charge >= 0.3 is 0 Å². The molecule has 4 heteroatoms. The lowest BCUT2D eigenvalue weighted by Crippen LogP contribution is -2.20. The van der Waals surface area contributed by atoms with Crippen molar-refractivity contribution in [2.75, 3.05) is 0 Å². The molecule has 3 nitrogen and oxygen atoms in total. The van der Waals surface area contributed by atoms with Gasteiger partial charge in [-0.05, 0) is 54.6 Å². The van der Waals surface area contributed by atoms with Crippen LogP contribution in [0.15, 0.2) is 35.1 Å². The lowest BCUT2D eigenvalue weighted by Gasteiger charge is -2.16. The summed E-state index contributed by atoms with van der Waals surface area (Å²) < 4.78 is 2.59. The predicted molar refractivity (Wildman–Crippen MR) is 104 cm³/mol. The molecule has 130 valence electrons. The summed E-state index contributed by atoms with van der Waals surface area (Å²) in [5.41, 5.74) is 4.48. The molecule has 1 aromatic heterocycles. The van der Waals surface area contributed by atoms with E-state index in [1.54, 1.807) is 0 Å². The van der Waals surface area contributed by atoms with Crippen LogP contribution in [-0.2, 0) is 19.4 Å². The van der Waals surface area contributed by atoms with Crippen molar-refractivity contribution in [3.8, 4) is 0 Å². The molecule has 0 unspecified atom stereocenters. The summed E-state index contributed by atoms with van der Waals surface area (Å²) in [4.78, 5) is 14.9. The third-order valence-electron chi connectivity index (χ3n) is 5.68. The summed E-state index contributed by atoms with van der Waals surface area (Å²) in [5.74, 6) is 0.899. The number of aromatic nitrogens is 2. The number of fused-ring (bicyclic) bond motifs is 1. The molecule has 0 amide bonds. The number of aromatic amines is 1. The number of nitrogens with zero attached hydrogens (tertiary/aromatic N) is 1. The molecule has 1 saturated carbocycles. The Kier molecular flexibility index (Phi) is 4.71. The quantitative estimate of drug-likeness (QED) is 0.796. The number of hydrogen-bond acceptors (Lipinski definition) is 2. The Morgan fingerprint density at radius 1 is 1.16 bits per heavy atom. The maximum absolute atomic E-state index is 12.1. The van der Waals surface area contributed by atoms with E-state index in [4.69, 9.17) is 12.2 Å². The number of hydrogen-bond donors (Lipinski definition) is 1. The van der Waals surface area contributed by atoms with E-state index in [0.717, 1.165) is 30.1 Å². The first-order valence-electron chi connectivity index (χ1n) is 9.31. The Hall–Kier alpha value is -1.94. The van der Waals surface area contributed by atoms with E-state index < -0.39 is 0 Å². The number of nitrogens with one attached hydrogen (secondary N) is 1. The molecule has 0 atom stereocenters. The highest BCUT2D eigenvalue weighted by molar-refractivity contribution is 7.71. The Bertz CT molecular complexity index is 916. The zero-order chi connectivity index (χ0) is 17.2. The SMILES string of the molecule is O=c1[nH]c(=S)n(Cc2ccccc2CCC2CCCC2)c2c1CC=C2. The van der Waals surface area contributed by atoms with Crippen molar-refractivity contribution in [3.05, 3.63) is 67.9 Å². The van der Waals surface area contributed by atoms with E-state index in [9.17, 15) is 4.79 Å². The highest BCUT2D eigenvalue weighted by Gasteiger charge is 2.17. The fourth-order valence-corrected chi connectivity index (χ4v) is 4.50. The van der Waals surface area contributed by atoms with Gasteiger partial charge in [0.1, 0.15) is 0 Å². The Morgan fingerprint density at radius 2 is 1.92 bits per heavy atom. The summed E-state index contributed by atoms with van der Waals surface area (Å²) in [6.45, 7) is 0.725. The Labute approximate surface area is 153 Å². The van der Waals surface area contributed by atoms with Crippen LogP contribution in [0, 0.1) is 10.7 Å². The molecule has 25 heavy (non-hydrogen) atoms. The van der Waals surface area contributed by atoms with E-state index in [1.165, 1.54) is 43.2 Å². The molecule has 0 bridgehead atoms. The Balaban J connectivity index is 1.61. The molecule has 1 aromatic carbocycles. The molecule has 1 heterocycles. The summed E-state index contributed by atoms with van der Waals surface area (Å²) in [5, 5.41) is 0. The average Bonchev–Trinajstić information content (AvgIpc) is 3.29. The lowest BCUT2D eigenvalue weighted by atomic mass is 9.95. The van der Waals surface area contributed by atoms with Gasteiger partial charge in [-0.3, -0.25) is 9.78 Å². The summed E-state index contributed by atoms with van der Waals surface area (Å²) in [6, 6.07) is 8.67. The highest BCUT2D eigenvalue weighted by atomic mass is 32.1. The molecule has 2 aromatic rings. The fraction of sp³-hybridized carbons (Fsp3) is 0.429. The number of rotatable bonds is 5. The van der Waals surface area contributed by atoms with Gasteiger partial charge in [0.05, 0.1) is 12.2 Å². The van der Waals surface area contributed by atoms with Crippen LogP contribution in [0.1, 0.15) is 54.5 Å². The smallest absolute Gasteiger partial charge is 0.255 e. The average molecular weight is 353 g/mol. The lowest BCUT2D eigenvalue weighted by molar-refractivity contribution is 0.502. The molecular weight excluding hydrogens is 328 g/mol. The summed E-state index contributed by atoms with van der Waals surface area (Å²) in [7, 11) is 0. The van der Waals surface area contributed by atoms with Crippen molar-refractivity contribution < 1.29 is 0 Å². The molecule has 4 rings (SSSR count). The van der Waals surface area contributed by atoms with Crippen LogP contribution < -0.4 is 5.56 Å². The minimum Gasteiger partial charge on any atom is -0.314 e. The number of H-pyrrole nitrogens is 1. The summed E-state index contributed by atoms with van der Waals surface area (Å²) in [6.07, 6.45) is 12.8. The van der Waals surface area contributed by atoms with Gasteiger partial charge in [0.25, 0.3) is 5.56 Å². The maximum Gasteiger partial charge on any atom is 0.255 e. The van der Waals surface area contributed by atoms with Gasteiger partial charge < -0.3 is 4.57 Å². The van der Waals surface area contributed by atoms with Crippen LogP contribution in [0.2, 0.25) is 0 Å². The van der Waals surface area contributed by atoms with E-state index >= 15 is 0 Å². The summed E-state index contributed by atoms with van der Waals surface area (Å²) >= 11 is 5.45. The first-order valence-corrected chi connectivity index (χ1v) is 9.72. The minimum absolute atomic E-state index is 0.0456. The van der Waals surface area contributed by atoms with Crippen LogP contribution in [-0.4, -0.2) is 9.55 Å². The molecule has 2 aliphatic rings. The minimum atomic E-state index is -0.0456. The van der Waals surface area contributed by atoms with Crippen molar-refractivity contribution in [1.82, 2.24) is 9.55 Å². The normalized spacial score (nSPS) is 16.5. The van der Waals surface area contributed by atoms with Crippen LogP contribution in [0.4, 0.5) is 0 Å². The van der Waals surface area contributed by atoms with E-state index in [0.29, 0.717) is 11.2 Å². The van der Waals surface area contributed by atoms with E-state index in [1.807, 2.05) is 12.2 Å². The highest BCUT2D eigenvalue weighted by Crippen LogP contribution is 2.29. The monoisotopic (exact) mass is 352 g/mol. The van der Waals surface area contributed by atoms with Gasteiger partial charge in [0, 0.05) is 5.56 Å². The second-order valence-corrected chi connectivity index (χ2v) is 7.66. The molecule has 0 radical (unpaired) electrons. The molecular formula is C21H24N2OS. The first kappa shape index (κ1) is 16.5. The van der Waals surface area contributed by atoms with Gasteiger partial charge in [-0.1, -0.05) is 56.0 Å². The van der Waals surface area contributed by atoms with Gasteiger partial charge in [-0.2, -0.15) is 0 Å². The molecule has 1 N–H and O–H groups in total. The zero-order valence-corrected chi connectivity index (χ0v) is 15.3. The molecule has 0 spiro atoms. The van der Waals surface area contributed by atoms with Gasteiger partial charge in [0.15, 0.2) is 4.77 Å². The molecule has 1 fully saturated rings.